The van der Waals surface area contributed by atoms with Gasteiger partial charge in [-0.05, 0) is 23.8 Å². The highest BCUT2D eigenvalue weighted by molar-refractivity contribution is 5.88. The Labute approximate surface area is 110 Å². The molecule has 0 saturated heterocycles. The third kappa shape index (κ3) is 2.76. The van der Waals surface area contributed by atoms with Crippen molar-refractivity contribution in [2.24, 2.45) is 0 Å². The summed E-state index contributed by atoms with van der Waals surface area (Å²) in [6.45, 7) is 0. The summed E-state index contributed by atoms with van der Waals surface area (Å²) in [7, 11) is 0. The lowest BCUT2D eigenvalue weighted by Gasteiger charge is -2.09. The van der Waals surface area contributed by atoms with Gasteiger partial charge in [0.2, 0.25) is 5.95 Å². The van der Waals surface area contributed by atoms with Crippen LogP contribution in [0.25, 0.3) is 11.1 Å². The van der Waals surface area contributed by atoms with Gasteiger partial charge in [-0.1, -0.05) is 12.1 Å². The number of hydrogen-bond donors (Lipinski definition) is 1. The standard InChI is InChI=1S/C13H7F4NO2/c14-11-10(5-8(6-18-11)12(19)20)7-2-1-3-9(4-7)13(15,16)17/h1-6H,(H,19,20). The van der Waals surface area contributed by atoms with Crippen LogP contribution in [-0.4, -0.2) is 16.1 Å². The second-order valence-electron chi connectivity index (χ2n) is 3.95. The van der Waals surface area contributed by atoms with Crippen molar-refractivity contribution in [3.63, 3.8) is 0 Å². The molecule has 0 spiro atoms. The fourth-order valence-electron chi connectivity index (χ4n) is 1.63. The molecule has 1 N–H and O–H groups in total. The number of pyridine rings is 1. The minimum absolute atomic E-state index is 0.0899. The van der Waals surface area contributed by atoms with Gasteiger partial charge in [0.05, 0.1) is 11.1 Å². The zero-order valence-corrected chi connectivity index (χ0v) is 9.78. The minimum atomic E-state index is -4.57. The van der Waals surface area contributed by atoms with E-state index >= 15 is 0 Å². The number of hydrogen-bond acceptors (Lipinski definition) is 2. The van der Waals surface area contributed by atoms with E-state index in [9.17, 15) is 22.4 Å². The molecule has 1 aromatic heterocycles. The number of aromatic carboxylic acids is 1. The summed E-state index contributed by atoms with van der Waals surface area (Å²) in [6.07, 6.45) is -3.76. The molecule has 1 aromatic carbocycles. The summed E-state index contributed by atoms with van der Waals surface area (Å²) in [6, 6.07) is 4.90. The van der Waals surface area contributed by atoms with Crippen molar-refractivity contribution in [1.82, 2.24) is 4.98 Å². The van der Waals surface area contributed by atoms with Gasteiger partial charge < -0.3 is 5.11 Å². The molecule has 0 atom stereocenters. The normalized spacial score (nSPS) is 11.4. The van der Waals surface area contributed by atoms with E-state index in [0.717, 1.165) is 30.5 Å². The smallest absolute Gasteiger partial charge is 0.416 e. The molecule has 2 aromatic rings. The summed E-state index contributed by atoms with van der Waals surface area (Å²) >= 11 is 0. The number of carboxylic acid groups (broad SMARTS) is 1. The Bertz CT molecular complexity index is 668. The molecule has 104 valence electrons. The van der Waals surface area contributed by atoms with Crippen LogP contribution in [-0.2, 0) is 6.18 Å². The minimum Gasteiger partial charge on any atom is -0.478 e. The van der Waals surface area contributed by atoms with E-state index in [1.165, 1.54) is 6.07 Å². The van der Waals surface area contributed by atoms with Gasteiger partial charge in [0.25, 0.3) is 0 Å². The van der Waals surface area contributed by atoms with Crippen molar-refractivity contribution in [2.75, 3.05) is 0 Å². The van der Waals surface area contributed by atoms with E-state index in [1.807, 2.05) is 0 Å². The Morgan fingerprint density at radius 3 is 2.50 bits per heavy atom. The van der Waals surface area contributed by atoms with Crippen molar-refractivity contribution in [1.29, 1.82) is 0 Å². The van der Waals surface area contributed by atoms with Crippen LogP contribution >= 0.6 is 0 Å². The maximum absolute atomic E-state index is 13.6. The molecule has 0 fully saturated rings. The number of alkyl halides is 3. The van der Waals surface area contributed by atoms with Crippen molar-refractivity contribution in [2.45, 2.75) is 6.18 Å². The largest absolute Gasteiger partial charge is 0.478 e. The summed E-state index contributed by atoms with van der Waals surface area (Å²) in [5.41, 5.74) is -1.64. The van der Waals surface area contributed by atoms with Gasteiger partial charge >= 0.3 is 12.1 Å². The maximum Gasteiger partial charge on any atom is 0.416 e. The number of benzene rings is 1. The molecule has 0 aliphatic carbocycles. The third-order valence-corrected chi connectivity index (χ3v) is 2.59. The van der Waals surface area contributed by atoms with Crippen molar-refractivity contribution in [3.8, 4) is 11.1 Å². The number of carboxylic acids is 1. The van der Waals surface area contributed by atoms with Gasteiger partial charge in [0.15, 0.2) is 0 Å². The second kappa shape index (κ2) is 4.92. The van der Waals surface area contributed by atoms with Crippen LogP contribution in [0.2, 0.25) is 0 Å². The number of rotatable bonds is 2. The van der Waals surface area contributed by atoms with Crippen LogP contribution in [0.3, 0.4) is 0 Å². The molecular weight excluding hydrogens is 278 g/mol. The highest BCUT2D eigenvalue weighted by Crippen LogP contribution is 2.32. The van der Waals surface area contributed by atoms with Crippen LogP contribution in [0.15, 0.2) is 36.5 Å². The van der Waals surface area contributed by atoms with E-state index in [-0.39, 0.29) is 16.7 Å². The molecular formula is C13H7F4NO2. The Morgan fingerprint density at radius 1 is 1.20 bits per heavy atom. The van der Waals surface area contributed by atoms with Crippen molar-refractivity contribution >= 4 is 5.97 Å². The first kappa shape index (κ1) is 14.0. The van der Waals surface area contributed by atoms with Crippen LogP contribution in [0.1, 0.15) is 15.9 Å². The fraction of sp³-hybridized carbons (Fsp3) is 0.0769. The van der Waals surface area contributed by atoms with Gasteiger partial charge in [0.1, 0.15) is 0 Å². The average Bonchev–Trinajstić information content (AvgIpc) is 2.38. The summed E-state index contributed by atoms with van der Waals surface area (Å²) in [4.78, 5) is 14.0. The van der Waals surface area contributed by atoms with E-state index in [1.54, 1.807) is 0 Å². The lowest BCUT2D eigenvalue weighted by Crippen LogP contribution is -2.05. The predicted molar refractivity (Wildman–Crippen MR) is 61.6 cm³/mol. The van der Waals surface area contributed by atoms with Crippen LogP contribution < -0.4 is 0 Å². The molecule has 0 radical (unpaired) electrons. The molecule has 7 heteroatoms. The van der Waals surface area contributed by atoms with Gasteiger partial charge in [-0.3, -0.25) is 0 Å². The first-order valence-corrected chi connectivity index (χ1v) is 5.35. The van der Waals surface area contributed by atoms with Gasteiger partial charge in [0, 0.05) is 11.8 Å². The lowest BCUT2D eigenvalue weighted by atomic mass is 10.0. The van der Waals surface area contributed by atoms with E-state index < -0.39 is 23.7 Å². The van der Waals surface area contributed by atoms with Gasteiger partial charge in [-0.25, -0.2) is 9.78 Å². The number of aromatic nitrogens is 1. The first-order chi connectivity index (χ1) is 9.29. The predicted octanol–water partition coefficient (Wildman–Crippen LogP) is 3.60. The summed E-state index contributed by atoms with van der Waals surface area (Å²) < 4.78 is 51.3. The topological polar surface area (TPSA) is 50.2 Å². The quantitative estimate of drug-likeness (QED) is 0.677. The monoisotopic (exact) mass is 285 g/mol. The number of halogens is 4. The summed E-state index contributed by atoms with van der Waals surface area (Å²) in [5, 5.41) is 8.79. The van der Waals surface area contributed by atoms with E-state index in [4.69, 9.17) is 5.11 Å². The maximum atomic E-state index is 13.6. The molecule has 0 saturated carbocycles. The van der Waals surface area contributed by atoms with E-state index in [0.29, 0.717) is 0 Å². The van der Waals surface area contributed by atoms with Gasteiger partial charge in [-0.2, -0.15) is 17.6 Å². The number of carbonyl (C=O) groups is 1. The van der Waals surface area contributed by atoms with Crippen LogP contribution in [0, 0.1) is 5.95 Å². The SMILES string of the molecule is O=C(O)c1cnc(F)c(-c2cccc(C(F)(F)F)c2)c1. The molecule has 3 nitrogen and oxygen atoms in total. The highest BCUT2D eigenvalue weighted by Gasteiger charge is 2.30. The second-order valence-corrected chi connectivity index (χ2v) is 3.95. The lowest BCUT2D eigenvalue weighted by molar-refractivity contribution is -0.137. The van der Waals surface area contributed by atoms with Crippen LogP contribution in [0.4, 0.5) is 17.6 Å². The fourth-order valence-corrected chi connectivity index (χ4v) is 1.63. The molecule has 1 heterocycles. The third-order valence-electron chi connectivity index (χ3n) is 2.59. The molecule has 0 aliphatic rings. The molecule has 2 rings (SSSR count). The molecule has 20 heavy (non-hydrogen) atoms. The zero-order chi connectivity index (χ0) is 14.9. The Hall–Kier alpha value is -2.44. The molecule has 0 unspecified atom stereocenters. The van der Waals surface area contributed by atoms with E-state index in [2.05, 4.69) is 4.98 Å². The van der Waals surface area contributed by atoms with Crippen LogP contribution in [0.5, 0.6) is 0 Å². The summed E-state index contributed by atoms with van der Waals surface area (Å²) in [5.74, 6) is -2.37. The number of nitrogens with zero attached hydrogens (tertiary/aromatic N) is 1. The van der Waals surface area contributed by atoms with Crippen molar-refractivity contribution < 1.29 is 27.5 Å². The Kier molecular flexibility index (Phi) is 3.44. The van der Waals surface area contributed by atoms with Gasteiger partial charge in [-0.15, -0.1) is 0 Å². The molecule has 0 bridgehead atoms. The Morgan fingerprint density at radius 2 is 1.90 bits per heavy atom. The average molecular weight is 285 g/mol. The van der Waals surface area contributed by atoms with Crippen molar-refractivity contribution in [3.05, 3.63) is 53.6 Å². The highest BCUT2D eigenvalue weighted by atomic mass is 19.4. The molecule has 0 aliphatic heterocycles. The Balaban J connectivity index is 2.57. The first-order valence-electron chi connectivity index (χ1n) is 5.35. The zero-order valence-electron chi connectivity index (χ0n) is 9.78. The molecule has 0 amide bonds.